The third-order valence-electron chi connectivity index (χ3n) is 3.89. The first kappa shape index (κ1) is 8.52. The van der Waals surface area contributed by atoms with Gasteiger partial charge in [0.25, 0.3) is 0 Å². The summed E-state index contributed by atoms with van der Waals surface area (Å²) < 4.78 is 0. The summed E-state index contributed by atoms with van der Waals surface area (Å²) in [5.74, 6) is 0. The van der Waals surface area contributed by atoms with Crippen molar-refractivity contribution in [3.63, 3.8) is 0 Å². The van der Waals surface area contributed by atoms with Gasteiger partial charge in [0.2, 0.25) is 0 Å². The average molecular weight is 169 g/mol. The quantitative estimate of drug-likeness (QED) is 0.656. The predicted molar refractivity (Wildman–Crippen MR) is 48.8 cm³/mol. The van der Waals surface area contributed by atoms with Crippen molar-refractivity contribution in [1.29, 1.82) is 0 Å². The molecule has 1 atom stereocenters. The molecule has 0 aliphatic heterocycles. The van der Waals surface area contributed by atoms with E-state index in [4.69, 9.17) is 5.73 Å². The van der Waals surface area contributed by atoms with Crippen molar-refractivity contribution in [2.75, 3.05) is 6.54 Å². The molecular weight excluding hydrogens is 150 g/mol. The van der Waals surface area contributed by atoms with E-state index in [1.807, 2.05) is 0 Å². The maximum absolute atomic E-state index is 10.4. The van der Waals surface area contributed by atoms with Crippen LogP contribution in [0.25, 0.3) is 0 Å². The highest BCUT2D eigenvalue weighted by atomic mass is 16.3. The van der Waals surface area contributed by atoms with Crippen molar-refractivity contribution in [2.45, 2.75) is 50.5 Å². The molecule has 1 spiro atoms. The summed E-state index contributed by atoms with van der Waals surface area (Å²) in [6.45, 7) is 0.637. The summed E-state index contributed by atoms with van der Waals surface area (Å²) in [6.07, 6.45) is 8.03. The van der Waals surface area contributed by atoms with Gasteiger partial charge in [0, 0.05) is 0 Å². The molecule has 0 heterocycles. The van der Waals surface area contributed by atoms with Gasteiger partial charge in [-0.2, -0.15) is 0 Å². The van der Waals surface area contributed by atoms with Gasteiger partial charge in [0.1, 0.15) is 0 Å². The smallest absolute Gasteiger partial charge is 0.0715 e. The molecule has 0 amide bonds. The van der Waals surface area contributed by atoms with Crippen LogP contribution in [0.3, 0.4) is 0 Å². The highest BCUT2D eigenvalue weighted by Crippen LogP contribution is 2.62. The third kappa shape index (κ3) is 1.09. The van der Waals surface area contributed by atoms with Crippen LogP contribution in [0.5, 0.6) is 0 Å². The van der Waals surface area contributed by atoms with Crippen molar-refractivity contribution in [1.82, 2.24) is 0 Å². The SMILES string of the molecule is NCCC1(O)CCCCC12CC2. The summed E-state index contributed by atoms with van der Waals surface area (Å²) >= 11 is 0. The Hall–Kier alpha value is -0.0800. The lowest BCUT2D eigenvalue weighted by atomic mass is 9.71. The van der Waals surface area contributed by atoms with E-state index in [0.29, 0.717) is 12.0 Å². The zero-order valence-electron chi connectivity index (χ0n) is 7.68. The van der Waals surface area contributed by atoms with Crippen LogP contribution in [-0.4, -0.2) is 17.3 Å². The maximum atomic E-state index is 10.4. The van der Waals surface area contributed by atoms with Gasteiger partial charge in [0.15, 0.2) is 0 Å². The molecule has 0 aromatic rings. The van der Waals surface area contributed by atoms with Crippen molar-refractivity contribution >= 4 is 0 Å². The normalized spacial score (nSPS) is 38.5. The molecule has 2 nitrogen and oxygen atoms in total. The highest BCUT2D eigenvalue weighted by Gasteiger charge is 2.58. The molecule has 0 bridgehead atoms. The summed E-state index contributed by atoms with van der Waals surface area (Å²) in [6, 6.07) is 0. The Morgan fingerprint density at radius 3 is 2.33 bits per heavy atom. The molecule has 2 rings (SSSR count). The van der Waals surface area contributed by atoms with Crippen molar-refractivity contribution in [3.05, 3.63) is 0 Å². The van der Waals surface area contributed by atoms with Gasteiger partial charge in [-0.1, -0.05) is 12.8 Å². The van der Waals surface area contributed by atoms with E-state index >= 15 is 0 Å². The second-order valence-corrected chi connectivity index (χ2v) is 4.56. The number of hydrogen-bond donors (Lipinski definition) is 2. The molecule has 0 radical (unpaired) electrons. The first-order chi connectivity index (χ1) is 5.72. The number of nitrogens with two attached hydrogens (primary N) is 1. The molecule has 2 fully saturated rings. The van der Waals surface area contributed by atoms with Crippen molar-refractivity contribution < 1.29 is 5.11 Å². The monoisotopic (exact) mass is 169 g/mol. The molecule has 2 heteroatoms. The molecule has 70 valence electrons. The third-order valence-corrected chi connectivity index (χ3v) is 3.89. The summed E-state index contributed by atoms with van der Waals surface area (Å²) in [7, 11) is 0. The Morgan fingerprint density at radius 1 is 1.08 bits per heavy atom. The molecule has 12 heavy (non-hydrogen) atoms. The summed E-state index contributed by atoms with van der Waals surface area (Å²) in [5, 5.41) is 10.4. The van der Waals surface area contributed by atoms with E-state index in [9.17, 15) is 5.11 Å². The summed E-state index contributed by atoms with van der Waals surface area (Å²) in [5.41, 5.74) is 5.45. The Balaban J connectivity index is 2.09. The molecule has 3 N–H and O–H groups in total. The van der Waals surface area contributed by atoms with E-state index < -0.39 is 0 Å². The molecule has 1 unspecified atom stereocenters. The van der Waals surface area contributed by atoms with E-state index in [0.717, 1.165) is 12.8 Å². The number of hydrogen-bond acceptors (Lipinski definition) is 2. The Morgan fingerprint density at radius 2 is 1.75 bits per heavy atom. The van der Waals surface area contributed by atoms with E-state index in [1.54, 1.807) is 0 Å². The van der Waals surface area contributed by atoms with Crippen LogP contribution >= 0.6 is 0 Å². The zero-order chi connectivity index (χ0) is 8.66. The molecule has 2 aliphatic rings. The highest BCUT2D eigenvalue weighted by molar-refractivity contribution is 5.09. The fourth-order valence-corrected chi connectivity index (χ4v) is 2.87. The van der Waals surface area contributed by atoms with E-state index in [1.165, 1.54) is 32.1 Å². The van der Waals surface area contributed by atoms with Crippen LogP contribution in [0, 0.1) is 5.41 Å². The van der Waals surface area contributed by atoms with Gasteiger partial charge >= 0.3 is 0 Å². The van der Waals surface area contributed by atoms with Crippen LogP contribution in [0.4, 0.5) is 0 Å². The van der Waals surface area contributed by atoms with E-state index in [2.05, 4.69) is 0 Å². The molecule has 0 saturated heterocycles. The second kappa shape index (κ2) is 2.71. The molecule has 0 aromatic carbocycles. The molecule has 2 saturated carbocycles. The summed E-state index contributed by atoms with van der Waals surface area (Å²) in [4.78, 5) is 0. The standard InChI is InChI=1S/C10H19NO/c11-8-7-10(12)4-2-1-3-9(10)5-6-9/h12H,1-8,11H2. The first-order valence-corrected chi connectivity index (χ1v) is 5.15. The minimum Gasteiger partial charge on any atom is -0.389 e. The van der Waals surface area contributed by atoms with Crippen LogP contribution in [0.2, 0.25) is 0 Å². The fraction of sp³-hybridized carbons (Fsp3) is 1.00. The van der Waals surface area contributed by atoms with Crippen LogP contribution in [-0.2, 0) is 0 Å². The topological polar surface area (TPSA) is 46.2 Å². The minimum absolute atomic E-state index is 0.310. The predicted octanol–water partition coefficient (Wildman–Crippen LogP) is 1.42. The number of rotatable bonds is 2. The Kier molecular flexibility index (Phi) is 1.92. The van der Waals surface area contributed by atoms with Crippen LogP contribution in [0.15, 0.2) is 0 Å². The average Bonchev–Trinajstić information content (AvgIpc) is 2.79. The van der Waals surface area contributed by atoms with Crippen molar-refractivity contribution in [2.24, 2.45) is 11.1 Å². The van der Waals surface area contributed by atoms with Gasteiger partial charge in [0.05, 0.1) is 5.60 Å². The fourth-order valence-electron chi connectivity index (χ4n) is 2.87. The van der Waals surface area contributed by atoms with Gasteiger partial charge in [-0.3, -0.25) is 0 Å². The first-order valence-electron chi connectivity index (χ1n) is 5.15. The van der Waals surface area contributed by atoms with E-state index in [-0.39, 0.29) is 5.60 Å². The lowest BCUT2D eigenvalue weighted by Gasteiger charge is -2.40. The van der Waals surface area contributed by atoms with Gasteiger partial charge in [-0.15, -0.1) is 0 Å². The molecule has 2 aliphatic carbocycles. The largest absolute Gasteiger partial charge is 0.389 e. The number of aliphatic hydroxyl groups is 1. The zero-order valence-corrected chi connectivity index (χ0v) is 7.68. The Labute approximate surface area is 74.1 Å². The van der Waals surface area contributed by atoms with Gasteiger partial charge in [-0.25, -0.2) is 0 Å². The second-order valence-electron chi connectivity index (χ2n) is 4.56. The van der Waals surface area contributed by atoms with Crippen LogP contribution < -0.4 is 5.73 Å². The van der Waals surface area contributed by atoms with Crippen LogP contribution in [0.1, 0.15) is 44.9 Å². The molecular formula is C10H19NO. The Bertz CT molecular complexity index is 173. The minimum atomic E-state index is -0.389. The van der Waals surface area contributed by atoms with Crippen molar-refractivity contribution in [3.8, 4) is 0 Å². The lowest BCUT2D eigenvalue weighted by molar-refractivity contribution is -0.0674. The maximum Gasteiger partial charge on any atom is 0.0715 e. The van der Waals surface area contributed by atoms with Gasteiger partial charge in [-0.05, 0) is 44.1 Å². The lowest BCUT2D eigenvalue weighted by Crippen LogP contribution is -2.43. The molecule has 0 aromatic heterocycles. The van der Waals surface area contributed by atoms with Gasteiger partial charge < -0.3 is 10.8 Å².